The van der Waals surface area contributed by atoms with Gasteiger partial charge in [0.25, 0.3) is 0 Å². The van der Waals surface area contributed by atoms with Gasteiger partial charge in [-0.1, -0.05) is 13.0 Å². The molecule has 0 aliphatic rings. The highest BCUT2D eigenvalue weighted by molar-refractivity contribution is 5.82. The number of H-pyrrole nitrogens is 1. The summed E-state index contributed by atoms with van der Waals surface area (Å²) >= 11 is 0. The van der Waals surface area contributed by atoms with E-state index in [1.54, 1.807) is 25.1 Å². The Morgan fingerprint density at radius 2 is 2.11 bits per heavy atom. The smallest absolute Gasteiger partial charge is 0.189 e. The number of nitrogens with one attached hydrogen (secondary N) is 1. The van der Waals surface area contributed by atoms with Gasteiger partial charge in [0, 0.05) is 34.6 Å². The minimum absolute atomic E-state index is 0.101. The lowest BCUT2D eigenvalue weighted by Crippen LogP contribution is -2.29. The Kier molecular flexibility index (Phi) is 3.19. The second-order valence-electron chi connectivity index (χ2n) is 4.40. The number of aromatic nitrogens is 1. The van der Waals surface area contributed by atoms with Crippen LogP contribution in [0.4, 0.5) is 0 Å². The van der Waals surface area contributed by atoms with Crippen molar-refractivity contribution in [1.82, 2.24) is 4.98 Å². The summed E-state index contributed by atoms with van der Waals surface area (Å²) in [6.07, 6.45) is 0.442. The van der Waals surface area contributed by atoms with Gasteiger partial charge in [-0.2, -0.15) is 0 Å². The first-order valence-electron chi connectivity index (χ1n) is 5.87. The molecule has 0 bridgehead atoms. The summed E-state index contributed by atoms with van der Waals surface area (Å²) in [5, 5.41) is 11.5. The maximum Gasteiger partial charge on any atom is 0.189 e. The number of aliphatic carboxylic acids is 1. The highest BCUT2D eigenvalue weighted by Gasteiger charge is 2.11. The third-order valence-corrected chi connectivity index (χ3v) is 3.08. The highest BCUT2D eigenvalue weighted by atomic mass is 16.4. The van der Waals surface area contributed by atoms with Crippen molar-refractivity contribution in [3.05, 3.63) is 45.7 Å². The molecule has 4 nitrogen and oxygen atoms in total. The number of hydrogen-bond donors (Lipinski definition) is 1. The maximum atomic E-state index is 11.8. The van der Waals surface area contributed by atoms with Crippen LogP contribution < -0.4 is 10.5 Å². The van der Waals surface area contributed by atoms with Crippen LogP contribution in [0.3, 0.4) is 0 Å². The lowest BCUT2D eigenvalue weighted by Gasteiger charge is -2.16. The van der Waals surface area contributed by atoms with E-state index in [9.17, 15) is 14.7 Å². The van der Waals surface area contributed by atoms with E-state index in [4.69, 9.17) is 0 Å². The molecular weight excluding hydrogens is 230 g/mol. The number of aryl methyl sites for hydroxylation is 1. The van der Waals surface area contributed by atoms with Crippen molar-refractivity contribution in [1.29, 1.82) is 0 Å². The van der Waals surface area contributed by atoms with Gasteiger partial charge in [0.1, 0.15) is 0 Å². The number of rotatable bonds is 3. The summed E-state index contributed by atoms with van der Waals surface area (Å²) in [5.74, 6) is -1.78. The minimum Gasteiger partial charge on any atom is -0.549 e. The van der Waals surface area contributed by atoms with E-state index in [1.165, 1.54) is 6.07 Å². The first kappa shape index (κ1) is 12.4. The van der Waals surface area contributed by atoms with E-state index < -0.39 is 11.9 Å². The molecule has 2 rings (SSSR count). The van der Waals surface area contributed by atoms with Crippen LogP contribution in [0.15, 0.2) is 29.1 Å². The molecule has 1 N–H and O–H groups in total. The quantitative estimate of drug-likeness (QED) is 0.878. The third kappa shape index (κ3) is 2.14. The average molecular weight is 244 g/mol. The highest BCUT2D eigenvalue weighted by Crippen LogP contribution is 2.21. The minimum atomic E-state index is -1.11. The maximum absolute atomic E-state index is 11.8. The van der Waals surface area contributed by atoms with Crippen molar-refractivity contribution >= 4 is 16.9 Å². The molecule has 1 aromatic carbocycles. The Morgan fingerprint density at radius 1 is 1.39 bits per heavy atom. The van der Waals surface area contributed by atoms with Crippen LogP contribution in [0, 0.1) is 6.92 Å². The first-order valence-corrected chi connectivity index (χ1v) is 5.87. The van der Waals surface area contributed by atoms with Gasteiger partial charge in [-0.15, -0.1) is 0 Å². The number of pyridine rings is 1. The molecule has 94 valence electrons. The van der Waals surface area contributed by atoms with Crippen molar-refractivity contribution in [2.75, 3.05) is 0 Å². The summed E-state index contributed by atoms with van der Waals surface area (Å²) in [6, 6.07) is 6.61. The monoisotopic (exact) mass is 244 g/mol. The fraction of sp³-hybridized carbons (Fsp3) is 0.286. The average Bonchev–Trinajstić information content (AvgIpc) is 2.30. The van der Waals surface area contributed by atoms with Crippen molar-refractivity contribution in [3.63, 3.8) is 0 Å². The summed E-state index contributed by atoms with van der Waals surface area (Å²) in [6.45, 7) is 3.59. The zero-order valence-electron chi connectivity index (χ0n) is 10.3. The number of carbonyl (C=O) groups excluding carboxylic acids is 1. The number of hydrogen-bond acceptors (Lipinski definition) is 3. The van der Waals surface area contributed by atoms with Crippen LogP contribution in [0.1, 0.15) is 30.5 Å². The fourth-order valence-corrected chi connectivity index (χ4v) is 2.15. The summed E-state index contributed by atoms with van der Waals surface area (Å²) in [4.78, 5) is 25.9. The SMILES string of the molecule is CCC(C(=O)[O-])c1ccc2[nH]c(C)cc(=O)c2c1. The molecule has 2 aromatic rings. The second-order valence-corrected chi connectivity index (χ2v) is 4.40. The number of carbonyl (C=O) groups is 1. The van der Waals surface area contributed by atoms with Gasteiger partial charge in [-0.25, -0.2) is 0 Å². The molecule has 1 aromatic heterocycles. The molecule has 0 aliphatic heterocycles. The van der Waals surface area contributed by atoms with Crippen molar-refractivity contribution in [3.8, 4) is 0 Å². The van der Waals surface area contributed by atoms with E-state index in [2.05, 4.69) is 4.98 Å². The van der Waals surface area contributed by atoms with Crippen LogP contribution in [-0.4, -0.2) is 11.0 Å². The lowest BCUT2D eigenvalue weighted by atomic mass is 9.95. The molecule has 0 radical (unpaired) electrons. The van der Waals surface area contributed by atoms with Crippen molar-refractivity contribution < 1.29 is 9.90 Å². The van der Waals surface area contributed by atoms with Gasteiger partial charge in [0.15, 0.2) is 5.43 Å². The van der Waals surface area contributed by atoms with Crippen molar-refractivity contribution in [2.45, 2.75) is 26.2 Å². The largest absolute Gasteiger partial charge is 0.549 e. The molecule has 1 heterocycles. The Balaban J connectivity index is 2.64. The second kappa shape index (κ2) is 4.64. The van der Waals surface area contributed by atoms with Gasteiger partial charge in [0.05, 0.1) is 0 Å². The third-order valence-electron chi connectivity index (χ3n) is 3.08. The standard InChI is InChI=1S/C14H15NO3/c1-3-10(14(17)18)9-4-5-12-11(7-9)13(16)6-8(2)15-12/h4-7,10H,3H2,1-2H3,(H,15,16)(H,17,18)/p-1. The molecule has 0 saturated carbocycles. The molecule has 0 spiro atoms. The van der Waals surface area contributed by atoms with Crippen LogP contribution in [0.25, 0.3) is 10.9 Å². The van der Waals surface area contributed by atoms with Gasteiger partial charge in [0.2, 0.25) is 0 Å². The van der Waals surface area contributed by atoms with Crippen LogP contribution in [0.5, 0.6) is 0 Å². The Hall–Kier alpha value is -2.10. The zero-order valence-corrected chi connectivity index (χ0v) is 10.3. The predicted molar refractivity (Wildman–Crippen MR) is 67.3 cm³/mol. The van der Waals surface area contributed by atoms with Gasteiger partial charge in [-0.3, -0.25) is 4.79 Å². The van der Waals surface area contributed by atoms with Crippen LogP contribution in [0.2, 0.25) is 0 Å². The molecule has 18 heavy (non-hydrogen) atoms. The van der Waals surface area contributed by atoms with E-state index in [1.807, 2.05) is 6.92 Å². The van der Waals surface area contributed by atoms with E-state index in [0.29, 0.717) is 17.4 Å². The summed E-state index contributed by atoms with van der Waals surface area (Å²) in [5.41, 5.74) is 2.01. The number of fused-ring (bicyclic) bond motifs is 1. The Morgan fingerprint density at radius 3 is 2.72 bits per heavy atom. The van der Waals surface area contributed by atoms with Crippen molar-refractivity contribution in [2.24, 2.45) is 0 Å². The van der Waals surface area contributed by atoms with E-state index >= 15 is 0 Å². The number of aromatic amines is 1. The fourth-order valence-electron chi connectivity index (χ4n) is 2.15. The molecule has 0 saturated heterocycles. The number of carboxylic acid groups (broad SMARTS) is 1. The molecule has 1 unspecified atom stereocenters. The van der Waals surface area contributed by atoms with Gasteiger partial charge >= 0.3 is 0 Å². The lowest BCUT2D eigenvalue weighted by molar-refractivity contribution is -0.308. The Bertz CT molecular complexity index is 658. The van der Waals surface area contributed by atoms with Gasteiger partial charge < -0.3 is 14.9 Å². The van der Waals surface area contributed by atoms with E-state index in [-0.39, 0.29) is 5.43 Å². The molecule has 4 heteroatoms. The Labute approximate surface area is 104 Å². The molecule has 0 aliphatic carbocycles. The molecule has 0 fully saturated rings. The molecular formula is C14H14NO3-. The predicted octanol–water partition coefficient (Wildman–Crippen LogP) is 1.08. The molecule has 1 atom stereocenters. The molecule has 0 amide bonds. The topological polar surface area (TPSA) is 73.0 Å². The zero-order chi connectivity index (χ0) is 13.3. The summed E-state index contributed by atoms with van der Waals surface area (Å²) < 4.78 is 0. The number of carboxylic acids is 1. The summed E-state index contributed by atoms with van der Waals surface area (Å²) in [7, 11) is 0. The van der Waals surface area contributed by atoms with Crippen LogP contribution >= 0.6 is 0 Å². The van der Waals surface area contributed by atoms with Gasteiger partial charge in [-0.05, 0) is 31.0 Å². The van der Waals surface area contributed by atoms with Crippen LogP contribution in [-0.2, 0) is 4.79 Å². The number of benzene rings is 1. The van der Waals surface area contributed by atoms with E-state index in [0.717, 1.165) is 11.2 Å². The first-order chi connectivity index (χ1) is 8.52. The normalized spacial score (nSPS) is 12.6.